The second-order valence-corrected chi connectivity index (χ2v) is 13.4. The number of phenolic OH excluding ortho intramolecular Hbond substituents is 1. The van der Waals surface area contributed by atoms with Crippen LogP contribution in [-0.4, -0.2) is 28.9 Å². The van der Waals surface area contributed by atoms with Crippen LogP contribution in [0.3, 0.4) is 0 Å². The van der Waals surface area contributed by atoms with E-state index in [9.17, 15) is 5.11 Å². The van der Waals surface area contributed by atoms with Crippen molar-refractivity contribution in [1.29, 1.82) is 0 Å². The molecule has 2 heterocycles. The maximum absolute atomic E-state index is 10.7. The number of benzene rings is 4. The second-order valence-electron chi connectivity index (χ2n) is 9.26. The third-order valence-electron chi connectivity index (χ3n) is 6.71. The number of aromatic hydroxyl groups is 1. The van der Waals surface area contributed by atoms with Crippen LogP contribution in [0.2, 0.25) is 13.1 Å². The first-order chi connectivity index (χ1) is 17.0. The minimum atomic E-state index is -2.09. The molecule has 1 aliphatic rings. The molecule has 5 aromatic rings. The Hall–Kier alpha value is -3.47. The fourth-order valence-electron chi connectivity index (χ4n) is 4.99. The molecule has 36 heavy (non-hydrogen) atoms. The first kappa shape index (κ1) is 24.2. The number of rotatable bonds is 4. The standard InChI is InChI=1S/C29H24N4OSi.Pt/c1-20-11-7-8-15-23(20)32(21-12-5-4-6-13-21)19-30-22-14-9-16-24-28(22)31-29-27-25(34)17-10-18-26(27)35(2,3)33(24)29;/h4-12,14-18,34H,1-3H3;/q-2;+2. The predicted molar refractivity (Wildman–Crippen MR) is 145 cm³/mol. The molecule has 0 fully saturated rings. The third kappa shape index (κ3) is 3.72. The number of hydrogen-bond acceptors (Lipinski definition) is 3. The largest absolute Gasteiger partial charge is 2.00 e. The number of fused-ring (bicyclic) bond motifs is 5. The van der Waals surface area contributed by atoms with Gasteiger partial charge in [-0.15, -0.1) is 0 Å². The molecule has 1 aromatic heterocycles. The van der Waals surface area contributed by atoms with Crippen molar-refractivity contribution in [2.75, 3.05) is 4.90 Å². The molecule has 0 spiro atoms. The van der Waals surface area contributed by atoms with E-state index in [1.165, 1.54) is 5.19 Å². The van der Waals surface area contributed by atoms with Crippen LogP contribution in [0.1, 0.15) is 5.56 Å². The molecule has 1 aliphatic heterocycles. The Morgan fingerprint density at radius 3 is 2.53 bits per heavy atom. The first-order valence-corrected chi connectivity index (χ1v) is 14.5. The Balaban J connectivity index is 0.00000267. The Labute approximate surface area is 226 Å². The summed E-state index contributed by atoms with van der Waals surface area (Å²) in [7, 11) is -2.09. The smallest absolute Gasteiger partial charge is 0.507 e. The van der Waals surface area contributed by atoms with Gasteiger partial charge in [0.15, 0.2) is 8.24 Å². The Bertz CT molecular complexity index is 1610. The van der Waals surface area contributed by atoms with E-state index in [0.717, 1.165) is 45.0 Å². The molecule has 0 bridgehead atoms. The van der Waals surface area contributed by atoms with Crippen LogP contribution in [0.4, 0.5) is 17.1 Å². The van der Waals surface area contributed by atoms with Gasteiger partial charge in [0, 0.05) is 12.0 Å². The number of phenols is 1. The maximum Gasteiger partial charge on any atom is 2.00 e. The van der Waals surface area contributed by atoms with Crippen molar-refractivity contribution in [3.8, 4) is 17.1 Å². The number of para-hydroxylation sites is 3. The minimum Gasteiger partial charge on any atom is -0.507 e. The van der Waals surface area contributed by atoms with Gasteiger partial charge in [0.05, 0.1) is 16.6 Å². The molecule has 0 radical (unpaired) electrons. The van der Waals surface area contributed by atoms with Crippen LogP contribution < -0.4 is 10.1 Å². The molecule has 0 unspecified atom stereocenters. The van der Waals surface area contributed by atoms with Gasteiger partial charge in [-0.05, 0) is 43.0 Å². The molecule has 180 valence electrons. The predicted octanol–water partition coefficient (Wildman–Crippen LogP) is 6.16. The van der Waals surface area contributed by atoms with E-state index in [4.69, 9.17) is 9.98 Å². The van der Waals surface area contributed by atoms with Crippen LogP contribution in [0, 0.1) is 13.0 Å². The van der Waals surface area contributed by atoms with Gasteiger partial charge in [-0.2, -0.15) is 30.0 Å². The van der Waals surface area contributed by atoms with Crippen molar-refractivity contribution in [1.82, 2.24) is 9.22 Å². The van der Waals surface area contributed by atoms with E-state index in [-0.39, 0.29) is 26.8 Å². The zero-order valence-corrected chi connectivity index (χ0v) is 23.4. The molecule has 4 aromatic carbocycles. The molecular formula is C29H24N4OPtSi. The number of aromatic nitrogens is 2. The average molecular weight is 668 g/mol. The topological polar surface area (TPSA) is 53.7 Å². The normalized spacial score (nSPS) is 13.4. The van der Waals surface area contributed by atoms with Crippen LogP contribution in [0.15, 0.2) is 89.9 Å². The number of aryl methyl sites for hydroxylation is 1. The van der Waals surface area contributed by atoms with Gasteiger partial charge in [0.25, 0.3) is 0 Å². The maximum atomic E-state index is 10.7. The second kappa shape index (κ2) is 9.19. The summed E-state index contributed by atoms with van der Waals surface area (Å²) in [6, 6.07) is 31.1. The minimum absolute atomic E-state index is 0. The third-order valence-corrected chi connectivity index (χ3v) is 10.0. The summed E-state index contributed by atoms with van der Waals surface area (Å²) in [5, 5.41) is 11.9. The van der Waals surface area contributed by atoms with Crippen molar-refractivity contribution < 1.29 is 26.2 Å². The molecule has 0 atom stereocenters. The van der Waals surface area contributed by atoms with Crippen molar-refractivity contribution >= 4 is 47.9 Å². The van der Waals surface area contributed by atoms with Crippen molar-refractivity contribution in [3.05, 3.63) is 96.6 Å². The molecule has 1 N–H and O–H groups in total. The van der Waals surface area contributed by atoms with Gasteiger partial charge in [0.2, 0.25) is 0 Å². The summed E-state index contributed by atoms with van der Waals surface area (Å²) >= 11 is 0. The summed E-state index contributed by atoms with van der Waals surface area (Å²) in [6.45, 7) is 6.65. The number of hydrogen-bond donors (Lipinski definition) is 1. The Morgan fingerprint density at radius 1 is 0.972 bits per heavy atom. The van der Waals surface area contributed by atoms with E-state index < -0.39 is 8.24 Å². The summed E-state index contributed by atoms with van der Waals surface area (Å²) in [5.74, 6) is 1.10. The van der Waals surface area contributed by atoms with E-state index in [2.05, 4.69) is 60.9 Å². The summed E-state index contributed by atoms with van der Waals surface area (Å²) < 4.78 is 2.33. The molecule has 5 nitrogen and oxygen atoms in total. The monoisotopic (exact) mass is 667 g/mol. The number of anilines is 2. The van der Waals surface area contributed by atoms with Crippen LogP contribution >= 0.6 is 0 Å². The summed E-state index contributed by atoms with van der Waals surface area (Å²) in [6.07, 6.45) is 3.26. The van der Waals surface area contributed by atoms with Gasteiger partial charge >= 0.3 is 21.1 Å². The molecule has 0 saturated carbocycles. The number of imidazole rings is 1. The molecule has 0 saturated heterocycles. The Morgan fingerprint density at radius 2 is 1.75 bits per heavy atom. The molecule has 7 heteroatoms. The van der Waals surface area contributed by atoms with Gasteiger partial charge in [0.1, 0.15) is 11.6 Å². The molecule has 0 amide bonds. The SMILES string of the molecule is Cc1ccccc1N([C-]=Nc1cccc2c1nc1n2[Si](C)(C)c2cccc(O)c2-1)c1[c-]cccc1.[Pt+2]. The van der Waals surface area contributed by atoms with Crippen molar-refractivity contribution in [2.24, 2.45) is 4.99 Å². The van der Waals surface area contributed by atoms with E-state index in [1.54, 1.807) is 6.07 Å². The van der Waals surface area contributed by atoms with Crippen LogP contribution in [-0.2, 0) is 21.1 Å². The van der Waals surface area contributed by atoms with Crippen LogP contribution in [0.5, 0.6) is 5.75 Å². The van der Waals surface area contributed by atoms with E-state index >= 15 is 0 Å². The van der Waals surface area contributed by atoms with Gasteiger partial charge in [-0.1, -0.05) is 54.1 Å². The quantitative estimate of drug-likeness (QED) is 0.0822. The zero-order chi connectivity index (χ0) is 24.2. The number of nitrogens with zero attached hydrogens (tertiary/aromatic N) is 4. The van der Waals surface area contributed by atoms with Crippen molar-refractivity contribution in [2.45, 2.75) is 20.0 Å². The summed E-state index contributed by atoms with van der Waals surface area (Å²) in [4.78, 5) is 11.7. The zero-order valence-electron chi connectivity index (χ0n) is 20.1. The van der Waals surface area contributed by atoms with E-state index in [0.29, 0.717) is 0 Å². The summed E-state index contributed by atoms with van der Waals surface area (Å²) in [5.41, 5.74) is 6.39. The fourth-order valence-corrected chi connectivity index (χ4v) is 8.06. The van der Waals surface area contributed by atoms with Crippen molar-refractivity contribution in [3.63, 3.8) is 0 Å². The van der Waals surface area contributed by atoms with Gasteiger partial charge in [-0.3, -0.25) is 0 Å². The van der Waals surface area contributed by atoms with Gasteiger partial charge in [-0.25, -0.2) is 11.1 Å². The van der Waals surface area contributed by atoms with Crippen LogP contribution in [0.25, 0.3) is 22.4 Å². The first-order valence-electron chi connectivity index (χ1n) is 11.6. The number of aliphatic imine (C=N–C) groups is 1. The molecular weight excluding hydrogens is 644 g/mol. The van der Waals surface area contributed by atoms with Gasteiger partial charge < -0.3 is 19.2 Å². The molecule has 6 rings (SSSR count). The Kier molecular flexibility index (Phi) is 6.19. The fraction of sp³-hybridized carbons (Fsp3) is 0.103. The average Bonchev–Trinajstić information content (AvgIpc) is 3.36. The van der Waals surface area contributed by atoms with E-state index in [1.807, 2.05) is 59.5 Å². The molecule has 0 aliphatic carbocycles.